The lowest BCUT2D eigenvalue weighted by Gasteiger charge is -2.65. The van der Waals surface area contributed by atoms with Crippen LogP contribution in [0, 0.1) is 70.5 Å². The zero-order valence-corrected chi connectivity index (χ0v) is 60.3. The molecule has 15 fully saturated rings. The number of benzene rings is 1. The molecule has 3 saturated carbocycles. The van der Waals surface area contributed by atoms with Crippen molar-refractivity contribution in [3.05, 3.63) is 29.8 Å². The van der Waals surface area contributed by atoms with Crippen molar-refractivity contribution in [2.45, 2.75) is 274 Å². The minimum atomic E-state index is -2.25. The summed E-state index contributed by atoms with van der Waals surface area (Å²) in [5.74, 6) is -8.81. The lowest BCUT2D eigenvalue weighted by Crippen LogP contribution is -2.74. The molecule has 1 N–H and O–H groups in total. The Balaban J connectivity index is 0.699. The second kappa shape index (κ2) is 28.2. The number of carbonyl (C=O) groups excluding carboxylic acids is 7. The van der Waals surface area contributed by atoms with E-state index in [2.05, 4.69) is 32.4 Å². The molecule has 12 saturated heterocycles. The van der Waals surface area contributed by atoms with Crippen molar-refractivity contribution in [3.63, 3.8) is 0 Å². The third kappa shape index (κ3) is 13.6. The zero-order valence-electron chi connectivity index (χ0n) is 59.4. The largest absolute Gasteiger partial charge is 0.460 e. The number of amides is 1. The van der Waals surface area contributed by atoms with E-state index in [9.17, 15) is 33.6 Å². The molecule has 1 aromatic carbocycles. The van der Waals surface area contributed by atoms with Crippen LogP contribution in [0.1, 0.15) is 190 Å². The number of nitrogens with one attached hydrogen (secondary N) is 1. The van der Waals surface area contributed by atoms with Crippen molar-refractivity contribution in [2.24, 2.45) is 70.5 Å². The lowest BCUT2D eigenvalue weighted by molar-refractivity contribution is -0.586. The van der Waals surface area contributed by atoms with E-state index in [0.29, 0.717) is 41.6 Å². The predicted octanol–water partition coefficient (Wildman–Crippen LogP) is 9.79. The van der Waals surface area contributed by atoms with Gasteiger partial charge in [0.1, 0.15) is 19.8 Å². The van der Waals surface area contributed by atoms with E-state index < -0.39 is 183 Å². The van der Waals surface area contributed by atoms with Crippen LogP contribution < -0.4 is 4.72 Å². The summed E-state index contributed by atoms with van der Waals surface area (Å²) >= 11 is 0.899. The number of hydrogen-bond acceptors (Lipinski definition) is 28. The molecule has 1 unspecified atom stereocenters. The van der Waals surface area contributed by atoms with Gasteiger partial charge in [-0.25, -0.2) is 38.8 Å². The number of esters is 6. The smallest absolute Gasteiger partial charge is 0.409 e. The van der Waals surface area contributed by atoms with Crippen molar-refractivity contribution in [3.8, 4) is 0 Å². The first-order valence-electron chi connectivity index (χ1n) is 36.0. The Labute approximate surface area is 587 Å². The van der Waals surface area contributed by atoms with E-state index in [1.807, 2.05) is 20.8 Å². The molecule has 6 bridgehead atoms. The molecule has 0 radical (unpaired) electrons. The maximum Gasteiger partial charge on any atom is 0.409 e. The molecule has 15 aliphatic rings. The van der Waals surface area contributed by atoms with E-state index >= 15 is 0 Å². The first-order chi connectivity index (χ1) is 47.4. The first-order valence-corrected chi connectivity index (χ1v) is 36.8. The molecular formula is C71H100N2O26S. The van der Waals surface area contributed by atoms with Crippen LogP contribution >= 0.6 is 11.9 Å². The molecule has 3 spiro atoms. The molecule has 100 heavy (non-hydrogen) atoms. The molecule has 12 heterocycles. The van der Waals surface area contributed by atoms with Crippen molar-refractivity contribution >= 4 is 53.9 Å². The fourth-order valence-corrected chi connectivity index (χ4v) is 19.3. The van der Waals surface area contributed by atoms with Gasteiger partial charge in [-0.3, -0.25) is 28.8 Å². The fraction of sp³-hybridized carbons (Fsp3) is 0.817. The molecule has 29 heteroatoms. The molecule has 25 atom stereocenters. The van der Waals surface area contributed by atoms with Gasteiger partial charge in [-0.2, -0.15) is 0 Å². The van der Waals surface area contributed by atoms with E-state index in [4.69, 9.17) is 90.9 Å². The summed E-state index contributed by atoms with van der Waals surface area (Å²) in [7, 11) is 3.12. The summed E-state index contributed by atoms with van der Waals surface area (Å²) < 4.78 is 83.3. The van der Waals surface area contributed by atoms with Gasteiger partial charge in [-0.15, -0.1) is 0 Å². The van der Waals surface area contributed by atoms with Gasteiger partial charge in [-0.1, -0.05) is 60.6 Å². The summed E-state index contributed by atoms with van der Waals surface area (Å²) in [6.07, 6.45) is -0.433. The minimum Gasteiger partial charge on any atom is -0.460 e. The Hall–Kier alpha value is -4.86. The van der Waals surface area contributed by atoms with E-state index in [-0.39, 0.29) is 54.0 Å². The topological polar surface area (TPSA) is 310 Å². The van der Waals surface area contributed by atoms with Crippen LogP contribution in [0.4, 0.5) is 4.79 Å². The third-order valence-corrected chi connectivity index (χ3v) is 25.7. The number of carbonyl (C=O) groups is 7. The van der Waals surface area contributed by atoms with Gasteiger partial charge in [-0.05, 0) is 144 Å². The third-order valence-electron chi connectivity index (χ3n) is 24.7. The van der Waals surface area contributed by atoms with Gasteiger partial charge < -0.3 is 66.5 Å². The molecule has 556 valence electrons. The number of ether oxygens (including phenoxy) is 13. The summed E-state index contributed by atoms with van der Waals surface area (Å²) in [5.41, 5.74) is -5.01. The SMILES string of the molecule is C[C@H]1[C@H](OC(=O)CCC(=O)OCC(COC(=O)CCC(=O)O[C@@H]2O[C@@H]3O[C@@]4(C)CC[C@H]5[C@H](C)CC[C@@](C)([C@H]2C)[C@@]35OO4)(NSc2ccc(COC(=O)N(C)C)cc2)OC(=O)CCC(=O)O[C@@H]2O[C@@H]3O[C@@]4(C)CC[C@H]5[C@H](C)CC[C@@H]([C@H]2C)[C@@]35OO4)O[C@@H]2O[C@@]3(C)CC[C@H]4[C@H](C)CC[C@@H]1[C@@]24OO3. The predicted molar refractivity (Wildman–Crippen MR) is 341 cm³/mol. The normalized spacial score (nSPS) is 43.0. The van der Waals surface area contributed by atoms with Crippen molar-refractivity contribution in [2.75, 3.05) is 27.3 Å². The summed E-state index contributed by atoms with van der Waals surface area (Å²) in [6.45, 7) is 18.1. The quantitative estimate of drug-likeness (QED) is 0.0371. The highest BCUT2D eigenvalue weighted by Crippen LogP contribution is 2.67. The van der Waals surface area contributed by atoms with Crippen LogP contribution in [-0.2, 0) is 126 Å². The molecule has 1 amide bonds. The molecule has 28 nitrogen and oxygen atoms in total. The Kier molecular flexibility index (Phi) is 20.7. The molecule has 0 aromatic heterocycles. The van der Waals surface area contributed by atoms with Crippen LogP contribution in [0.5, 0.6) is 0 Å². The Morgan fingerprint density at radius 3 is 1.44 bits per heavy atom. The summed E-state index contributed by atoms with van der Waals surface area (Å²) in [6, 6.07) is 6.75. The van der Waals surface area contributed by atoms with Crippen LogP contribution in [0.3, 0.4) is 0 Å². The summed E-state index contributed by atoms with van der Waals surface area (Å²) in [5, 5.41) is 0. The Bertz CT molecular complexity index is 3240. The molecular weight excluding hydrogens is 1330 g/mol. The first kappa shape index (κ1) is 73.5. The van der Waals surface area contributed by atoms with Gasteiger partial charge in [0.05, 0.1) is 38.5 Å². The molecule has 16 rings (SSSR count). The van der Waals surface area contributed by atoms with Gasteiger partial charge in [0.2, 0.25) is 42.0 Å². The van der Waals surface area contributed by atoms with Crippen molar-refractivity contribution < 1.29 is 124 Å². The van der Waals surface area contributed by atoms with E-state index in [0.717, 1.165) is 69.7 Å². The number of hydrogen-bond donors (Lipinski definition) is 1. The Morgan fingerprint density at radius 2 is 0.930 bits per heavy atom. The van der Waals surface area contributed by atoms with Crippen LogP contribution in [0.15, 0.2) is 29.2 Å². The molecule has 3 aliphatic carbocycles. The maximum atomic E-state index is 14.5. The van der Waals surface area contributed by atoms with Gasteiger partial charge in [0.15, 0.2) is 35.7 Å². The van der Waals surface area contributed by atoms with Crippen molar-refractivity contribution in [1.29, 1.82) is 0 Å². The monoisotopic (exact) mass is 1430 g/mol. The number of fused-ring (bicyclic) bond motifs is 6. The zero-order chi connectivity index (χ0) is 71.1. The standard InChI is InChI=1S/C71H100N2O26S/c1-38-13-19-49-41(4)57(87-60-69(49)46(38)28-32-65(8,91-60)94-97-69)84-53(76)23-21-51(74)82-36-68(72-100-45-17-15-44(16-18-45)35-81-63(80)73(11)12,90-56(79)26-25-54(77)85-58-42(5)50-20-14-39(2)47-29-33-66(9)92-61(88-58)70(47,50)98-95-66)37-83-52(75)22-24-55(78)86-59-43(6)64(7)31-27-40(3)48-30-34-67(10)93-62(89-59)71(48,64)99-96-67/h15-18,38-43,46-50,57-62,72H,13-14,19-37H2,1-12H3/t38-,39-,40-,41-,42-,43+,46+,47+,48+,49+,50+,57-,58-,59-,60-,61-,62-,64+,65-,66-,67-,68?,69-,70-,71+/m1/s1. The molecule has 12 aliphatic heterocycles. The highest BCUT2D eigenvalue weighted by molar-refractivity contribution is 7.97. The second-order valence-corrected chi connectivity index (χ2v) is 32.4. The van der Waals surface area contributed by atoms with Crippen molar-refractivity contribution in [1.82, 2.24) is 9.62 Å². The van der Waals surface area contributed by atoms with Crippen LogP contribution in [-0.4, -0.2) is 152 Å². The molecule has 1 aromatic rings. The van der Waals surface area contributed by atoms with Crippen LogP contribution in [0.25, 0.3) is 0 Å². The van der Waals surface area contributed by atoms with E-state index in [1.54, 1.807) is 59.1 Å². The maximum absolute atomic E-state index is 14.5. The van der Waals surface area contributed by atoms with Gasteiger partial charge in [0, 0.05) is 73.3 Å². The number of rotatable bonds is 22. The van der Waals surface area contributed by atoms with Gasteiger partial charge in [0.25, 0.3) is 0 Å². The van der Waals surface area contributed by atoms with E-state index in [1.165, 1.54) is 4.90 Å². The highest BCUT2D eigenvalue weighted by Gasteiger charge is 2.76. The van der Waals surface area contributed by atoms with Crippen LogP contribution in [0.2, 0.25) is 0 Å². The lowest BCUT2D eigenvalue weighted by atomic mass is 9.50. The Morgan fingerprint density at radius 1 is 0.490 bits per heavy atom. The summed E-state index contributed by atoms with van der Waals surface area (Å²) in [4.78, 5) is 135. The average molecular weight is 1430 g/mol. The number of nitrogens with zero attached hydrogens (tertiary/aromatic N) is 1. The minimum absolute atomic E-state index is 0.0441. The average Bonchev–Trinajstić information content (AvgIpc) is 1.29. The second-order valence-electron chi connectivity index (χ2n) is 31.5. The highest BCUT2D eigenvalue weighted by atomic mass is 32.2. The fourth-order valence-electron chi connectivity index (χ4n) is 18.6. The van der Waals surface area contributed by atoms with Gasteiger partial charge >= 0.3 is 41.9 Å².